The van der Waals surface area contributed by atoms with Crippen LogP contribution in [0.4, 0.5) is 5.69 Å². The molecule has 0 spiro atoms. The van der Waals surface area contributed by atoms with Gasteiger partial charge in [-0.3, -0.25) is 9.29 Å². The van der Waals surface area contributed by atoms with Crippen LogP contribution >= 0.6 is 11.6 Å². The third-order valence-electron chi connectivity index (χ3n) is 2.53. The van der Waals surface area contributed by atoms with Gasteiger partial charge in [-0.15, -0.1) is 0 Å². The van der Waals surface area contributed by atoms with Crippen LogP contribution < -0.4 is 4.31 Å². The van der Waals surface area contributed by atoms with E-state index in [1.165, 1.54) is 22.6 Å². The number of anilines is 1. The maximum Gasteiger partial charge on any atom is 0.265 e. The Morgan fingerprint density at radius 1 is 1.21 bits per heavy atom. The molecule has 0 saturated heterocycles. The van der Waals surface area contributed by atoms with E-state index in [-0.39, 0.29) is 10.0 Å². The summed E-state index contributed by atoms with van der Waals surface area (Å²) < 4.78 is 26.3. The zero-order valence-corrected chi connectivity index (χ0v) is 11.8. The number of pyridine rings is 2. The third-order valence-corrected chi connectivity index (χ3v) is 4.64. The Morgan fingerprint density at radius 3 is 2.42 bits per heavy atom. The number of rotatable bonds is 4. The SMILES string of the molecule is CCN(c1ccncc1)S(=O)(=O)c1ccc(Cl)nc1. The Balaban J connectivity index is 2.45. The summed E-state index contributed by atoms with van der Waals surface area (Å²) in [6.45, 7) is 2.08. The molecular weight excluding hydrogens is 286 g/mol. The van der Waals surface area contributed by atoms with E-state index >= 15 is 0 Å². The van der Waals surface area contributed by atoms with Crippen molar-refractivity contribution in [2.45, 2.75) is 11.8 Å². The molecule has 0 fully saturated rings. The Labute approximate surface area is 116 Å². The van der Waals surface area contributed by atoms with Crippen LogP contribution in [0, 0.1) is 0 Å². The first-order valence-corrected chi connectivity index (χ1v) is 7.42. The van der Waals surface area contributed by atoms with Crippen LogP contribution in [0.5, 0.6) is 0 Å². The Morgan fingerprint density at radius 2 is 1.89 bits per heavy atom. The minimum absolute atomic E-state index is 0.107. The first kappa shape index (κ1) is 13.8. The van der Waals surface area contributed by atoms with Gasteiger partial charge in [0.1, 0.15) is 10.0 Å². The van der Waals surface area contributed by atoms with Gasteiger partial charge in [-0.25, -0.2) is 13.4 Å². The van der Waals surface area contributed by atoms with Crippen LogP contribution in [0.1, 0.15) is 6.92 Å². The molecule has 7 heteroatoms. The van der Waals surface area contributed by atoms with Crippen molar-refractivity contribution in [3.8, 4) is 0 Å². The number of aromatic nitrogens is 2. The predicted octanol–water partition coefficient (Wildman–Crippen LogP) is 2.35. The van der Waals surface area contributed by atoms with Gasteiger partial charge in [0.2, 0.25) is 0 Å². The van der Waals surface area contributed by atoms with E-state index in [9.17, 15) is 8.42 Å². The fourth-order valence-corrected chi connectivity index (χ4v) is 3.18. The summed E-state index contributed by atoms with van der Waals surface area (Å²) in [6.07, 6.45) is 4.35. The standard InChI is InChI=1S/C12H12ClN3O2S/c1-2-16(10-5-7-14-8-6-10)19(17,18)11-3-4-12(13)15-9-11/h3-9H,2H2,1H3. The second-order valence-corrected chi connectivity index (χ2v) is 5.94. The van der Waals surface area contributed by atoms with Crippen molar-refractivity contribution in [2.75, 3.05) is 10.8 Å². The monoisotopic (exact) mass is 297 g/mol. The molecule has 0 aromatic carbocycles. The smallest absolute Gasteiger partial charge is 0.265 e. The van der Waals surface area contributed by atoms with Crippen molar-refractivity contribution in [1.82, 2.24) is 9.97 Å². The highest BCUT2D eigenvalue weighted by molar-refractivity contribution is 7.92. The lowest BCUT2D eigenvalue weighted by Crippen LogP contribution is -2.30. The van der Waals surface area contributed by atoms with Crippen LogP contribution in [0.2, 0.25) is 5.15 Å². The molecule has 2 heterocycles. The van der Waals surface area contributed by atoms with E-state index in [0.717, 1.165) is 0 Å². The highest BCUT2D eigenvalue weighted by atomic mass is 35.5. The molecule has 100 valence electrons. The lowest BCUT2D eigenvalue weighted by Gasteiger charge is -2.22. The number of halogens is 1. The zero-order chi connectivity index (χ0) is 13.9. The molecule has 0 N–H and O–H groups in total. The minimum atomic E-state index is -3.64. The molecule has 0 unspecified atom stereocenters. The molecule has 5 nitrogen and oxygen atoms in total. The second-order valence-electron chi connectivity index (χ2n) is 3.69. The van der Waals surface area contributed by atoms with Gasteiger partial charge in [-0.2, -0.15) is 0 Å². The van der Waals surface area contributed by atoms with Gasteiger partial charge < -0.3 is 0 Å². The average Bonchev–Trinajstić information content (AvgIpc) is 2.41. The van der Waals surface area contributed by atoms with Gasteiger partial charge in [-0.1, -0.05) is 11.6 Å². The summed E-state index contributed by atoms with van der Waals surface area (Å²) >= 11 is 5.66. The van der Waals surface area contributed by atoms with Crippen molar-refractivity contribution in [1.29, 1.82) is 0 Å². The average molecular weight is 298 g/mol. The quantitative estimate of drug-likeness (QED) is 0.813. The molecule has 0 bridgehead atoms. The van der Waals surface area contributed by atoms with Crippen molar-refractivity contribution >= 4 is 27.3 Å². The molecule has 0 radical (unpaired) electrons. The molecular formula is C12H12ClN3O2S. The van der Waals surface area contributed by atoms with Gasteiger partial charge in [0.05, 0.1) is 5.69 Å². The van der Waals surface area contributed by atoms with E-state index in [1.54, 1.807) is 31.5 Å². The fraction of sp³-hybridized carbons (Fsp3) is 0.167. The molecule has 0 amide bonds. The number of hydrogen-bond acceptors (Lipinski definition) is 4. The Bertz CT molecular complexity index is 644. The first-order valence-electron chi connectivity index (χ1n) is 5.60. The van der Waals surface area contributed by atoms with E-state index in [1.807, 2.05) is 0 Å². The number of nitrogens with zero attached hydrogens (tertiary/aromatic N) is 3. The van der Waals surface area contributed by atoms with Gasteiger partial charge in [0, 0.05) is 25.1 Å². The van der Waals surface area contributed by atoms with Gasteiger partial charge in [0.15, 0.2) is 0 Å². The lowest BCUT2D eigenvalue weighted by molar-refractivity contribution is 0.591. The molecule has 19 heavy (non-hydrogen) atoms. The van der Waals surface area contributed by atoms with Crippen molar-refractivity contribution in [2.24, 2.45) is 0 Å². The summed E-state index contributed by atoms with van der Waals surface area (Å²) in [5.41, 5.74) is 0.562. The highest BCUT2D eigenvalue weighted by Crippen LogP contribution is 2.22. The van der Waals surface area contributed by atoms with Gasteiger partial charge in [0.25, 0.3) is 10.0 Å². The molecule has 0 saturated carbocycles. The minimum Gasteiger partial charge on any atom is -0.266 e. The van der Waals surface area contributed by atoms with Crippen molar-refractivity contribution in [3.05, 3.63) is 48.0 Å². The van der Waals surface area contributed by atoms with Crippen LogP contribution in [0.25, 0.3) is 0 Å². The van der Waals surface area contributed by atoms with Crippen LogP contribution in [0.15, 0.2) is 47.8 Å². The largest absolute Gasteiger partial charge is 0.266 e. The summed E-state index contributed by atoms with van der Waals surface area (Å²) in [5.74, 6) is 0. The third kappa shape index (κ3) is 2.85. The van der Waals surface area contributed by atoms with E-state index in [4.69, 9.17) is 11.6 Å². The number of sulfonamides is 1. The van der Waals surface area contributed by atoms with E-state index in [0.29, 0.717) is 12.2 Å². The Kier molecular flexibility index (Phi) is 4.01. The Hall–Kier alpha value is -1.66. The highest BCUT2D eigenvalue weighted by Gasteiger charge is 2.23. The maximum absolute atomic E-state index is 12.5. The molecule has 2 aromatic heterocycles. The molecule has 2 aromatic rings. The van der Waals surface area contributed by atoms with E-state index in [2.05, 4.69) is 9.97 Å². The zero-order valence-electron chi connectivity index (χ0n) is 10.2. The summed E-state index contributed by atoms with van der Waals surface area (Å²) in [7, 11) is -3.64. The van der Waals surface area contributed by atoms with Crippen LogP contribution in [0.3, 0.4) is 0 Å². The molecule has 2 rings (SSSR count). The second kappa shape index (κ2) is 5.54. The molecule has 0 aliphatic heterocycles. The molecule has 0 aliphatic carbocycles. The van der Waals surface area contributed by atoms with Gasteiger partial charge >= 0.3 is 0 Å². The summed E-state index contributed by atoms with van der Waals surface area (Å²) in [5, 5.41) is 0.255. The van der Waals surface area contributed by atoms with Crippen LogP contribution in [-0.2, 0) is 10.0 Å². The topological polar surface area (TPSA) is 63.2 Å². The first-order chi connectivity index (χ1) is 9.05. The lowest BCUT2D eigenvalue weighted by atomic mass is 10.4. The summed E-state index contributed by atoms with van der Waals surface area (Å²) in [4.78, 5) is 7.79. The maximum atomic E-state index is 12.5. The normalized spacial score (nSPS) is 11.3. The predicted molar refractivity (Wildman–Crippen MR) is 73.7 cm³/mol. The number of hydrogen-bond donors (Lipinski definition) is 0. The summed E-state index contributed by atoms with van der Waals surface area (Å²) in [6, 6.07) is 6.18. The van der Waals surface area contributed by atoms with Crippen LogP contribution in [-0.4, -0.2) is 24.9 Å². The fourth-order valence-electron chi connectivity index (χ4n) is 1.64. The van der Waals surface area contributed by atoms with E-state index < -0.39 is 10.0 Å². The molecule has 0 aliphatic rings. The van der Waals surface area contributed by atoms with Crippen molar-refractivity contribution < 1.29 is 8.42 Å². The van der Waals surface area contributed by atoms with Crippen molar-refractivity contribution in [3.63, 3.8) is 0 Å². The van der Waals surface area contributed by atoms with Gasteiger partial charge in [-0.05, 0) is 31.2 Å². The molecule has 0 atom stereocenters.